The van der Waals surface area contributed by atoms with Gasteiger partial charge in [0.1, 0.15) is 0 Å². The summed E-state index contributed by atoms with van der Waals surface area (Å²) in [7, 11) is 0. The number of carbonyl (C=O) groups is 1. The summed E-state index contributed by atoms with van der Waals surface area (Å²) in [5.74, 6) is 1.12. The molecule has 0 bridgehead atoms. The molecule has 1 aromatic carbocycles. The first kappa shape index (κ1) is 16.2. The Hall–Kier alpha value is -1.20. The van der Waals surface area contributed by atoms with Crippen molar-refractivity contribution in [1.29, 1.82) is 0 Å². The van der Waals surface area contributed by atoms with Crippen molar-refractivity contribution in [3.05, 3.63) is 23.8 Å². The number of anilines is 2. The number of hydrogen-bond acceptors (Lipinski definition) is 4. The maximum Gasteiger partial charge on any atom is 0.224 e. The number of nitrogens with one attached hydrogen (secondary N) is 1. The molecule has 116 valence electrons. The summed E-state index contributed by atoms with van der Waals surface area (Å²) in [5, 5.41) is 3.66. The minimum absolute atomic E-state index is 0.0791. The fourth-order valence-corrected chi connectivity index (χ4v) is 3.54. The monoisotopic (exact) mass is 308 g/mol. The molecule has 1 aromatic rings. The molecule has 1 fully saturated rings. The van der Waals surface area contributed by atoms with Crippen LogP contribution in [0.15, 0.2) is 18.2 Å². The molecule has 21 heavy (non-hydrogen) atoms. The van der Waals surface area contributed by atoms with Gasteiger partial charge in [-0.25, -0.2) is 0 Å². The minimum atomic E-state index is 0.0791. The Morgan fingerprint density at radius 2 is 2.19 bits per heavy atom. The third-order valence-electron chi connectivity index (χ3n) is 3.59. The molecule has 0 unspecified atom stereocenters. The van der Waals surface area contributed by atoms with Crippen LogP contribution >= 0.6 is 11.8 Å². The van der Waals surface area contributed by atoms with E-state index in [1.165, 1.54) is 0 Å². The van der Waals surface area contributed by atoms with E-state index >= 15 is 0 Å². The highest BCUT2D eigenvalue weighted by Gasteiger charge is 2.14. The molecule has 0 aromatic heterocycles. The topological polar surface area (TPSA) is 64.3 Å². The van der Waals surface area contributed by atoms with E-state index in [9.17, 15) is 4.79 Å². The number of ether oxygens (including phenoxy) is 1. The summed E-state index contributed by atoms with van der Waals surface area (Å²) < 4.78 is 5.34. The van der Waals surface area contributed by atoms with Crippen LogP contribution in [0.4, 0.5) is 11.4 Å². The number of hydrogen-bond donors (Lipinski definition) is 2. The zero-order valence-electron chi connectivity index (χ0n) is 12.6. The number of benzene rings is 1. The summed E-state index contributed by atoms with van der Waals surface area (Å²) in [6, 6.07) is 5.54. The molecule has 1 aliphatic heterocycles. The molecular weight excluding hydrogens is 284 g/mol. The largest absolute Gasteiger partial charge is 0.399 e. The van der Waals surface area contributed by atoms with Gasteiger partial charge in [0.25, 0.3) is 0 Å². The van der Waals surface area contributed by atoms with Gasteiger partial charge in [0, 0.05) is 36.3 Å². The number of aryl methyl sites for hydroxylation is 1. The summed E-state index contributed by atoms with van der Waals surface area (Å²) >= 11 is 1.97. The van der Waals surface area contributed by atoms with Crippen molar-refractivity contribution in [2.45, 2.75) is 37.9 Å². The summed E-state index contributed by atoms with van der Waals surface area (Å²) in [5.41, 5.74) is 8.28. The number of rotatable bonds is 6. The van der Waals surface area contributed by atoms with Gasteiger partial charge >= 0.3 is 0 Å². The van der Waals surface area contributed by atoms with E-state index in [-0.39, 0.29) is 5.91 Å². The van der Waals surface area contributed by atoms with Crippen LogP contribution in [-0.4, -0.2) is 30.1 Å². The molecule has 0 spiro atoms. The van der Waals surface area contributed by atoms with E-state index in [1.807, 2.05) is 36.9 Å². The lowest BCUT2D eigenvalue weighted by Gasteiger charge is -2.21. The predicted molar refractivity (Wildman–Crippen MR) is 89.8 cm³/mol. The first-order chi connectivity index (χ1) is 10.1. The maximum atomic E-state index is 11.9. The first-order valence-electron chi connectivity index (χ1n) is 7.50. The SMILES string of the molecule is Cc1cc(N)ccc1NC(=O)CCCSC1CCOCC1. The van der Waals surface area contributed by atoms with E-state index in [0.29, 0.717) is 11.7 Å². The lowest BCUT2D eigenvalue weighted by Crippen LogP contribution is -2.18. The Balaban J connectivity index is 1.65. The molecule has 3 N–H and O–H groups in total. The lowest BCUT2D eigenvalue weighted by atomic mass is 10.1. The van der Waals surface area contributed by atoms with Crippen LogP contribution in [0.5, 0.6) is 0 Å². The maximum absolute atomic E-state index is 11.9. The minimum Gasteiger partial charge on any atom is -0.399 e. The Morgan fingerprint density at radius 1 is 1.43 bits per heavy atom. The van der Waals surface area contributed by atoms with Crippen LogP contribution in [0.1, 0.15) is 31.2 Å². The Morgan fingerprint density at radius 3 is 2.90 bits per heavy atom. The molecule has 0 atom stereocenters. The number of nitrogen functional groups attached to an aromatic ring is 1. The van der Waals surface area contributed by atoms with Gasteiger partial charge in [-0.05, 0) is 55.7 Å². The second-order valence-electron chi connectivity index (χ2n) is 5.41. The van der Waals surface area contributed by atoms with Crippen molar-refractivity contribution in [2.24, 2.45) is 0 Å². The zero-order valence-corrected chi connectivity index (χ0v) is 13.4. The van der Waals surface area contributed by atoms with Crippen molar-refractivity contribution < 1.29 is 9.53 Å². The summed E-state index contributed by atoms with van der Waals surface area (Å²) in [6.45, 7) is 3.72. The average Bonchev–Trinajstić information content (AvgIpc) is 2.48. The standard InChI is InChI=1S/C16H24N2O2S/c1-12-11-13(17)4-5-15(12)18-16(19)3-2-10-21-14-6-8-20-9-7-14/h4-5,11,14H,2-3,6-10,17H2,1H3,(H,18,19). The van der Waals surface area contributed by atoms with Gasteiger partial charge in [-0.3, -0.25) is 4.79 Å². The van der Waals surface area contributed by atoms with Crippen LogP contribution < -0.4 is 11.1 Å². The van der Waals surface area contributed by atoms with Gasteiger partial charge in [-0.1, -0.05) is 0 Å². The third-order valence-corrected chi connectivity index (χ3v) is 5.06. The van der Waals surface area contributed by atoms with E-state index < -0.39 is 0 Å². The number of thioether (sulfide) groups is 1. The number of nitrogens with two attached hydrogens (primary N) is 1. The molecule has 4 nitrogen and oxygen atoms in total. The number of carbonyl (C=O) groups excluding carboxylic acids is 1. The highest BCUT2D eigenvalue weighted by Crippen LogP contribution is 2.23. The van der Waals surface area contributed by atoms with Crippen molar-refractivity contribution in [1.82, 2.24) is 0 Å². The lowest BCUT2D eigenvalue weighted by molar-refractivity contribution is -0.116. The van der Waals surface area contributed by atoms with E-state index in [1.54, 1.807) is 0 Å². The zero-order chi connectivity index (χ0) is 15.1. The van der Waals surface area contributed by atoms with Crippen LogP contribution in [0.25, 0.3) is 0 Å². The molecule has 0 radical (unpaired) electrons. The summed E-state index contributed by atoms with van der Waals surface area (Å²) in [6.07, 6.45) is 3.77. The first-order valence-corrected chi connectivity index (χ1v) is 8.55. The molecule has 1 amide bonds. The molecule has 1 saturated heterocycles. The van der Waals surface area contributed by atoms with Crippen LogP contribution in [0, 0.1) is 6.92 Å². The molecule has 1 heterocycles. The average molecular weight is 308 g/mol. The van der Waals surface area contributed by atoms with Gasteiger partial charge in [-0.15, -0.1) is 0 Å². The van der Waals surface area contributed by atoms with Crippen LogP contribution in [0.2, 0.25) is 0 Å². The van der Waals surface area contributed by atoms with Crippen LogP contribution in [-0.2, 0) is 9.53 Å². The quantitative estimate of drug-likeness (QED) is 0.625. The highest BCUT2D eigenvalue weighted by atomic mass is 32.2. The molecule has 2 rings (SSSR count). The van der Waals surface area contributed by atoms with E-state index in [0.717, 1.165) is 55.2 Å². The smallest absolute Gasteiger partial charge is 0.224 e. The van der Waals surface area contributed by atoms with E-state index in [2.05, 4.69) is 5.32 Å². The molecule has 5 heteroatoms. The van der Waals surface area contributed by atoms with Gasteiger partial charge in [0.2, 0.25) is 5.91 Å². The van der Waals surface area contributed by atoms with Gasteiger partial charge in [0.15, 0.2) is 0 Å². The molecule has 0 aliphatic carbocycles. The Labute approximate surface area is 130 Å². The Bertz CT molecular complexity index is 473. The second-order valence-corrected chi connectivity index (χ2v) is 6.82. The molecular formula is C16H24N2O2S. The molecule has 1 aliphatic rings. The number of amides is 1. The second kappa shape index (κ2) is 8.29. The normalized spacial score (nSPS) is 15.9. The highest BCUT2D eigenvalue weighted by molar-refractivity contribution is 7.99. The van der Waals surface area contributed by atoms with Crippen LogP contribution in [0.3, 0.4) is 0 Å². The van der Waals surface area contributed by atoms with Gasteiger partial charge in [0.05, 0.1) is 0 Å². The van der Waals surface area contributed by atoms with E-state index in [4.69, 9.17) is 10.5 Å². The van der Waals surface area contributed by atoms with Gasteiger partial charge < -0.3 is 15.8 Å². The van der Waals surface area contributed by atoms with Crippen molar-refractivity contribution in [3.63, 3.8) is 0 Å². The van der Waals surface area contributed by atoms with Crippen molar-refractivity contribution in [2.75, 3.05) is 30.0 Å². The third kappa shape index (κ3) is 5.59. The fraction of sp³-hybridized carbons (Fsp3) is 0.562. The molecule has 0 saturated carbocycles. The van der Waals surface area contributed by atoms with Gasteiger partial charge in [-0.2, -0.15) is 11.8 Å². The van der Waals surface area contributed by atoms with Crippen molar-refractivity contribution >= 4 is 29.0 Å². The fourth-order valence-electron chi connectivity index (χ4n) is 2.37. The Kier molecular flexibility index (Phi) is 6.39. The van der Waals surface area contributed by atoms with Crippen molar-refractivity contribution in [3.8, 4) is 0 Å². The predicted octanol–water partition coefficient (Wildman–Crippen LogP) is 3.21. The summed E-state index contributed by atoms with van der Waals surface area (Å²) in [4.78, 5) is 11.9.